The van der Waals surface area contributed by atoms with Gasteiger partial charge < -0.3 is 8.98 Å². The molecule has 0 radical (unpaired) electrons. The minimum atomic E-state index is 0.597. The predicted octanol–water partition coefficient (Wildman–Crippen LogP) is 12.2. The van der Waals surface area contributed by atoms with Crippen molar-refractivity contribution in [3.8, 4) is 39.9 Å². The molecule has 11 rings (SSSR count). The minimum absolute atomic E-state index is 0.597. The third kappa shape index (κ3) is 4.30. The molecule has 0 saturated heterocycles. The van der Waals surface area contributed by atoms with Crippen molar-refractivity contribution in [2.24, 2.45) is 0 Å². The van der Waals surface area contributed by atoms with Gasteiger partial charge >= 0.3 is 0 Å². The second kappa shape index (κ2) is 10.9. The van der Waals surface area contributed by atoms with E-state index in [9.17, 15) is 0 Å². The minimum Gasteiger partial charge on any atom is -0.454 e. The third-order valence-electron chi connectivity index (χ3n) is 9.86. The SMILES string of the molecule is c1ccc(-c2nc(-c3ccccc3)nc(-c3ccc(-n4c5ccccc5c5cc6c(cc54)sc4ccccc46)c4oc5ccccc5c34)n2)cc1. The number of para-hydroxylation sites is 2. The van der Waals surface area contributed by atoms with Gasteiger partial charge in [-0.05, 0) is 42.5 Å². The number of benzene rings is 7. The van der Waals surface area contributed by atoms with Crippen LogP contribution in [0.3, 0.4) is 0 Å². The summed E-state index contributed by atoms with van der Waals surface area (Å²) in [6.07, 6.45) is 0. The molecule has 11 aromatic rings. The molecular weight excluding hydrogens is 645 g/mol. The number of hydrogen-bond acceptors (Lipinski definition) is 5. The van der Waals surface area contributed by atoms with Crippen molar-refractivity contribution >= 4 is 75.3 Å². The van der Waals surface area contributed by atoms with Crippen LogP contribution in [0.4, 0.5) is 0 Å². The Bertz CT molecular complexity index is 3080. The molecule has 0 aliphatic carbocycles. The number of nitrogens with zero attached hydrogens (tertiary/aromatic N) is 4. The summed E-state index contributed by atoms with van der Waals surface area (Å²) in [5, 5.41) is 6.99. The van der Waals surface area contributed by atoms with Crippen LogP contribution in [0, 0.1) is 0 Å². The van der Waals surface area contributed by atoms with Crippen LogP contribution in [0.15, 0.2) is 162 Å². The average molecular weight is 671 g/mol. The normalized spacial score (nSPS) is 11.9. The first-order valence-electron chi connectivity index (χ1n) is 16.9. The summed E-state index contributed by atoms with van der Waals surface area (Å²) < 4.78 is 11.8. The third-order valence-corrected chi connectivity index (χ3v) is 11.0. The molecule has 0 amide bonds. The Balaban J connectivity index is 1.22. The van der Waals surface area contributed by atoms with Crippen molar-refractivity contribution in [2.75, 3.05) is 0 Å². The molecule has 0 unspecified atom stereocenters. The molecule has 0 fully saturated rings. The predicted molar refractivity (Wildman–Crippen MR) is 211 cm³/mol. The number of furan rings is 1. The Morgan fingerprint density at radius 2 is 1.08 bits per heavy atom. The zero-order chi connectivity index (χ0) is 33.5. The van der Waals surface area contributed by atoms with E-state index in [2.05, 4.69) is 89.5 Å². The molecule has 6 heteroatoms. The highest BCUT2D eigenvalue weighted by atomic mass is 32.1. The van der Waals surface area contributed by atoms with Crippen molar-refractivity contribution in [3.05, 3.63) is 158 Å². The van der Waals surface area contributed by atoms with E-state index in [1.165, 1.54) is 30.9 Å². The molecule has 4 aromatic heterocycles. The number of thiophene rings is 1. The molecule has 0 bridgehead atoms. The Kier molecular flexibility index (Phi) is 6.05. The van der Waals surface area contributed by atoms with Crippen LogP contribution in [0.25, 0.3) is 104 Å². The molecule has 0 N–H and O–H groups in total. The van der Waals surface area contributed by atoms with Crippen LogP contribution in [0.5, 0.6) is 0 Å². The fraction of sp³-hybridized carbons (Fsp3) is 0. The summed E-state index contributed by atoms with van der Waals surface area (Å²) in [5.74, 6) is 1.85. The van der Waals surface area contributed by atoms with Gasteiger partial charge in [-0.25, -0.2) is 15.0 Å². The van der Waals surface area contributed by atoms with Crippen LogP contribution in [-0.4, -0.2) is 19.5 Å². The van der Waals surface area contributed by atoms with Gasteiger partial charge in [0, 0.05) is 58.4 Å². The van der Waals surface area contributed by atoms with E-state index in [0.29, 0.717) is 17.5 Å². The number of hydrogen-bond donors (Lipinski definition) is 0. The molecule has 51 heavy (non-hydrogen) atoms. The molecule has 0 aliphatic rings. The summed E-state index contributed by atoms with van der Waals surface area (Å²) >= 11 is 1.84. The largest absolute Gasteiger partial charge is 0.454 e. The number of rotatable bonds is 4. The fourth-order valence-electron chi connectivity index (χ4n) is 7.55. The molecule has 0 spiro atoms. The van der Waals surface area contributed by atoms with E-state index in [4.69, 9.17) is 19.4 Å². The van der Waals surface area contributed by atoms with Crippen LogP contribution >= 0.6 is 11.3 Å². The lowest BCUT2D eigenvalue weighted by molar-refractivity contribution is 0.666. The van der Waals surface area contributed by atoms with Gasteiger partial charge in [-0.15, -0.1) is 11.3 Å². The first kappa shape index (κ1) is 28.2. The summed E-state index contributed by atoms with van der Waals surface area (Å²) in [6, 6.07) is 54.8. The van der Waals surface area contributed by atoms with Gasteiger partial charge in [-0.1, -0.05) is 115 Å². The van der Waals surface area contributed by atoms with E-state index in [1.807, 2.05) is 84.1 Å². The van der Waals surface area contributed by atoms with Crippen LogP contribution < -0.4 is 0 Å². The van der Waals surface area contributed by atoms with E-state index >= 15 is 0 Å². The smallest absolute Gasteiger partial charge is 0.164 e. The van der Waals surface area contributed by atoms with Crippen molar-refractivity contribution in [1.82, 2.24) is 19.5 Å². The molecule has 7 aromatic carbocycles. The van der Waals surface area contributed by atoms with Gasteiger partial charge in [0.2, 0.25) is 0 Å². The Morgan fingerprint density at radius 1 is 0.451 bits per heavy atom. The maximum Gasteiger partial charge on any atom is 0.164 e. The number of fused-ring (bicyclic) bond motifs is 9. The lowest BCUT2D eigenvalue weighted by Crippen LogP contribution is -2.01. The molecule has 4 heterocycles. The Hall–Kier alpha value is -6.63. The molecule has 5 nitrogen and oxygen atoms in total. The van der Waals surface area contributed by atoms with E-state index in [1.54, 1.807) is 0 Å². The maximum atomic E-state index is 6.84. The summed E-state index contributed by atoms with van der Waals surface area (Å²) in [4.78, 5) is 15.2. The van der Waals surface area contributed by atoms with Gasteiger partial charge in [0.1, 0.15) is 5.58 Å². The quantitative estimate of drug-likeness (QED) is 0.187. The molecule has 238 valence electrons. The van der Waals surface area contributed by atoms with Gasteiger partial charge in [0.25, 0.3) is 0 Å². The van der Waals surface area contributed by atoms with Crippen LogP contribution in [0.2, 0.25) is 0 Å². The second-order valence-electron chi connectivity index (χ2n) is 12.8. The van der Waals surface area contributed by atoms with Crippen LogP contribution in [0.1, 0.15) is 0 Å². The zero-order valence-corrected chi connectivity index (χ0v) is 27.9. The van der Waals surface area contributed by atoms with E-state index in [-0.39, 0.29) is 0 Å². The molecule has 0 aliphatic heterocycles. The van der Waals surface area contributed by atoms with E-state index in [0.717, 1.165) is 55.3 Å². The standard InChI is InChI=1S/C45H26N4OS/c1-3-13-27(14-4-1)43-46-44(28-15-5-2-6-16-28)48-45(47-43)32-23-24-36(42-41(32)31-19-8-11-21-38(31)50-42)49-35-20-10-7-17-29(35)33-25-34-30-18-9-12-22-39(30)51-40(34)26-37(33)49/h1-26H. The van der Waals surface area contributed by atoms with Crippen molar-refractivity contribution < 1.29 is 4.42 Å². The zero-order valence-electron chi connectivity index (χ0n) is 27.1. The fourth-order valence-corrected chi connectivity index (χ4v) is 8.67. The second-order valence-corrected chi connectivity index (χ2v) is 13.9. The van der Waals surface area contributed by atoms with Crippen molar-refractivity contribution in [2.45, 2.75) is 0 Å². The first-order chi connectivity index (χ1) is 25.3. The van der Waals surface area contributed by atoms with Gasteiger partial charge in [0.05, 0.1) is 16.7 Å². The Morgan fingerprint density at radius 3 is 1.84 bits per heavy atom. The van der Waals surface area contributed by atoms with E-state index < -0.39 is 0 Å². The summed E-state index contributed by atoms with van der Waals surface area (Å²) in [6.45, 7) is 0. The highest BCUT2D eigenvalue weighted by Gasteiger charge is 2.23. The average Bonchev–Trinajstić information content (AvgIpc) is 3.87. The molecular formula is C45H26N4OS. The van der Waals surface area contributed by atoms with Gasteiger partial charge in [0.15, 0.2) is 23.1 Å². The number of aromatic nitrogens is 4. The highest BCUT2D eigenvalue weighted by Crippen LogP contribution is 2.44. The molecule has 0 atom stereocenters. The topological polar surface area (TPSA) is 56.7 Å². The van der Waals surface area contributed by atoms with Gasteiger partial charge in [-0.3, -0.25) is 0 Å². The molecule has 0 saturated carbocycles. The summed E-state index contributed by atoms with van der Waals surface area (Å²) in [5.41, 5.74) is 7.59. The van der Waals surface area contributed by atoms with Crippen molar-refractivity contribution in [1.29, 1.82) is 0 Å². The van der Waals surface area contributed by atoms with Crippen molar-refractivity contribution in [3.63, 3.8) is 0 Å². The highest BCUT2D eigenvalue weighted by molar-refractivity contribution is 7.25. The van der Waals surface area contributed by atoms with Gasteiger partial charge in [-0.2, -0.15) is 0 Å². The lowest BCUT2D eigenvalue weighted by Gasteiger charge is -2.12. The maximum absolute atomic E-state index is 6.84. The van der Waals surface area contributed by atoms with Crippen LogP contribution in [-0.2, 0) is 0 Å². The summed E-state index contributed by atoms with van der Waals surface area (Å²) in [7, 11) is 0. The Labute approximate surface area is 295 Å². The monoisotopic (exact) mass is 670 g/mol. The lowest BCUT2D eigenvalue weighted by atomic mass is 10.0. The first-order valence-corrected chi connectivity index (χ1v) is 17.8.